The van der Waals surface area contributed by atoms with Gasteiger partial charge in [-0.25, -0.2) is 0 Å². The number of likely N-dealkylation sites (tertiary alicyclic amines) is 1. The highest BCUT2D eigenvalue weighted by atomic mass is 16.3. The Balaban J connectivity index is 1.50. The van der Waals surface area contributed by atoms with Crippen LogP contribution in [0.3, 0.4) is 0 Å². The van der Waals surface area contributed by atoms with Crippen molar-refractivity contribution < 1.29 is 14.7 Å². The second-order valence-electron chi connectivity index (χ2n) is 8.26. The Kier molecular flexibility index (Phi) is 4.59. The number of aliphatic hydroxyl groups excluding tert-OH is 1. The Bertz CT molecular complexity index is 926. The van der Waals surface area contributed by atoms with E-state index in [1.165, 1.54) is 0 Å². The van der Waals surface area contributed by atoms with Gasteiger partial charge in [-0.3, -0.25) is 14.6 Å². The van der Waals surface area contributed by atoms with Crippen LogP contribution in [-0.2, 0) is 4.79 Å². The van der Waals surface area contributed by atoms with Crippen LogP contribution in [0.1, 0.15) is 47.7 Å². The molecule has 1 saturated heterocycles. The highest BCUT2D eigenvalue weighted by Crippen LogP contribution is 2.49. The first-order chi connectivity index (χ1) is 14.2. The van der Waals surface area contributed by atoms with Crippen LogP contribution in [0.4, 0.5) is 5.69 Å². The minimum absolute atomic E-state index is 0.0534. The smallest absolute Gasteiger partial charge is 0.276 e. The van der Waals surface area contributed by atoms with Gasteiger partial charge in [0, 0.05) is 30.3 Å². The van der Waals surface area contributed by atoms with Gasteiger partial charge in [-0.15, -0.1) is 0 Å². The lowest BCUT2D eigenvalue weighted by atomic mass is 9.71. The summed E-state index contributed by atoms with van der Waals surface area (Å²) in [6.45, 7) is 0.383. The van der Waals surface area contributed by atoms with Gasteiger partial charge >= 0.3 is 0 Å². The highest BCUT2D eigenvalue weighted by Gasteiger charge is 2.56. The molecule has 0 bridgehead atoms. The maximum atomic E-state index is 13.2. The number of amides is 2. The number of nitrogens with zero attached hydrogens (tertiary/aromatic N) is 3. The van der Waals surface area contributed by atoms with Gasteiger partial charge in [0.25, 0.3) is 5.91 Å². The van der Waals surface area contributed by atoms with Gasteiger partial charge in [0.15, 0.2) is 0 Å². The molecule has 1 N–H and O–H groups in total. The van der Waals surface area contributed by atoms with E-state index in [2.05, 4.69) is 4.98 Å². The summed E-state index contributed by atoms with van der Waals surface area (Å²) in [7, 11) is 0. The Labute approximate surface area is 170 Å². The second kappa shape index (κ2) is 7.26. The average Bonchev–Trinajstić information content (AvgIpc) is 3.29. The van der Waals surface area contributed by atoms with E-state index in [0.29, 0.717) is 12.2 Å². The summed E-state index contributed by atoms with van der Waals surface area (Å²) in [5.74, 6) is 0.112. The normalized spacial score (nSPS) is 25.9. The lowest BCUT2D eigenvalue weighted by Gasteiger charge is -2.59. The summed E-state index contributed by atoms with van der Waals surface area (Å²) in [5, 5.41) is 10.1. The van der Waals surface area contributed by atoms with E-state index in [9.17, 15) is 14.7 Å². The molecular formula is C23H25N3O3. The molecule has 0 unspecified atom stereocenters. The predicted octanol–water partition coefficient (Wildman–Crippen LogP) is 2.59. The molecule has 1 aromatic carbocycles. The number of carbonyl (C=O) groups is 2. The molecule has 1 aromatic heterocycles. The van der Waals surface area contributed by atoms with Crippen molar-refractivity contribution in [3.63, 3.8) is 0 Å². The van der Waals surface area contributed by atoms with Crippen LogP contribution in [0.25, 0.3) is 0 Å². The van der Waals surface area contributed by atoms with Crippen LogP contribution in [-0.4, -0.2) is 52.0 Å². The molecule has 3 atom stereocenters. The average molecular weight is 391 g/mol. The maximum absolute atomic E-state index is 13.2. The van der Waals surface area contributed by atoms with Crippen molar-refractivity contribution in [3.8, 4) is 0 Å². The molecule has 2 amide bonds. The van der Waals surface area contributed by atoms with Gasteiger partial charge in [-0.2, -0.15) is 0 Å². The first kappa shape index (κ1) is 18.3. The van der Waals surface area contributed by atoms with Crippen molar-refractivity contribution >= 4 is 17.5 Å². The number of benzene rings is 1. The monoisotopic (exact) mass is 391 g/mol. The lowest BCUT2D eigenvalue weighted by Crippen LogP contribution is -2.71. The molecule has 1 aliphatic carbocycles. The van der Waals surface area contributed by atoms with Crippen molar-refractivity contribution in [1.82, 2.24) is 9.88 Å². The van der Waals surface area contributed by atoms with Crippen LogP contribution in [0.15, 0.2) is 48.7 Å². The largest absolute Gasteiger partial charge is 0.394 e. The Morgan fingerprint density at radius 3 is 2.55 bits per heavy atom. The van der Waals surface area contributed by atoms with E-state index in [1.54, 1.807) is 29.3 Å². The molecule has 3 heterocycles. The highest BCUT2D eigenvalue weighted by molar-refractivity contribution is 6.06. The number of aromatic nitrogens is 1. The molecule has 29 heavy (non-hydrogen) atoms. The van der Waals surface area contributed by atoms with Crippen LogP contribution in [0.5, 0.6) is 0 Å². The predicted molar refractivity (Wildman–Crippen MR) is 109 cm³/mol. The summed E-state index contributed by atoms with van der Waals surface area (Å²) in [6, 6.07) is 12.9. The van der Waals surface area contributed by atoms with Crippen molar-refractivity contribution in [3.05, 3.63) is 59.9 Å². The molecule has 6 nitrogen and oxygen atoms in total. The third kappa shape index (κ3) is 2.85. The van der Waals surface area contributed by atoms with Crippen LogP contribution in [0, 0.1) is 5.92 Å². The minimum atomic E-state index is -0.207. The zero-order valence-electron chi connectivity index (χ0n) is 16.3. The first-order valence-corrected chi connectivity index (χ1v) is 10.5. The quantitative estimate of drug-likeness (QED) is 0.873. The third-order valence-corrected chi connectivity index (χ3v) is 6.78. The van der Waals surface area contributed by atoms with Gasteiger partial charge in [-0.1, -0.05) is 37.1 Å². The standard InChI is InChI=1S/C23H25N3O3/c27-14-20-21-16-9-3-4-11-18(16)25(23(29)17-10-5-6-12-24-17)13-19(21)26(20)22(28)15-7-1-2-8-15/h3-6,9-12,15,19-21,27H,1-2,7-8,13-14H2/t19-,20-,21+/m0/s1. The number of hydrogen-bond acceptors (Lipinski definition) is 4. The van der Waals surface area contributed by atoms with Crippen LogP contribution < -0.4 is 4.90 Å². The maximum Gasteiger partial charge on any atom is 0.276 e. The summed E-state index contributed by atoms with van der Waals surface area (Å²) in [4.78, 5) is 34.3. The van der Waals surface area contributed by atoms with Gasteiger partial charge in [0.1, 0.15) is 5.69 Å². The number of fused-ring (bicyclic) bond motifs is 3. The Hall–Kier alpha value is -2.73. The molecule has 150 valence electrons. The van der Waals surface area contributed by atoms with Gasteiger partial charge in [-0.05, 0) is 36.6 Å². The van der Waals surface area contributed by atoms with Crippen molar-refractivity contribution in [2.24, 2.45) is 5.92 Å². The summed E-state index contributed by atoms with van der Waals surface area (Å²) in [6.07, 6.45) is 5.66. The number of aliphatic hydroxyl groups is 1. The molecule has 2 aliphatic heterocycles. The SMILES string of the molecule is O=C(c1ccccn1)N1C[C@H]2[C@@H](c3ccccc31)[C@H](CO)N2C(=O)C1CCCC1. The molecule has 2 aromatic rings. The molecule has 0 radical (unpaired) electrons. The number of carbonyl (C=O) groups excluding carboxylic acids is 2. The summed E-state index contributed by atoms with van der Waals surface area (Å²) in [5.41, 5.74) is 2.28. The zero-order chi connectivity index (χ0) is 20.0. The van der Waals surface area contributed by atoms with Crippen molar-refractivity contribution in [2.45, 2.75) is 43.7 Å². The molecule has 6 heteroatoms. The van der Waals surface area contributed by atoms with Gasteiger partial charge in [0.05, 0.1) is 18.7 Å². The van der Waals surface area contributed by atoms with Crippen LogP contribution in [0.2, 0.25) is 0 Å². The molecule has 1 saturated carbocycles. The fourth-order valence-electron chi connectivity index (χ4n) is 5.40. The Morgan fingerprint density at radius 1 is 1.07 bits per heavy atom. The van der Waals surface area contributed by atoms with Gasteiger partial charge < -0.3 is 14.9 Å². The van der Waals surface area contributed by atoms with Gasteiger partial charge in [0.2, 0.25) is 5.91 Å². The number of hydrogen-bond donors (Lipinski definition) is 1. The Morgan fingerprint density at radius 2 is 1.83 bits per heavy atom. The van der Waals surface area contributed by atoms with E-state index in [0.717, 1.165) is 36.9 Å². The molecular weight excluding hydrogens is 366 g/mol. The second-order valence-corrected chi connectivity index (χ2v) is 8.26. The number of rotatable bonds is 3. The van der Waals surface area contributed by atoms with Crippen molar-refractivity contribution in [1.29, 1.82) is 0 Å². The van der Waals surface area contributed by atoms with E-state index in [-0.39, 0.29) is 42.3 Å². The van der Waals surface area contributed by atoms with Crippen molar-refractivity contribution in [2.75, 3.05) is 18.1 Å². The number of para-hydroxylation sites is 1. The summed E-state index contributed by atoms with van der Waals surface area (Å²) >= 11 is 0. The lowest BCUT2D eigenvalue weighted by molar-refractivity contribution is -0.154. The van der Waals surface area contributed by atoms with Crippen LogP contribution >= 0.6 is 0 Å². The molecule has 5 rings (SSSR count). The number of pyridine rings is 1. The fraction of sp³-hybridized carbons (Fsp3) is 0.435. The fourth-order valence-corrected chi connectivity index (χ4v) is 5.40. The molecule has 3 aliphatic rings. The third-order valence-electron chi connectivity index (χ3n) is 6.78. The zero-order valence-corrected chi connectivity index (χ0v) is 16.3. The molecule has 2 fully saturated rings. The van der Waals surface area contributed by atoms with E-state index in [1.807, 2.05) is 29.2 Å². The summed E-state index contributed by atoms with van der Waals surface area (Å²) < 4.78 is 0. The molecule has 0 spiro atoms. The van der Waals surface area contributed by atoms with E-state index in [4.69, 9.17) is 0 Å². The van der Waals surface area contributed by atoms with E-state index >= 15 is 0 Å². The van der Waals surface area contributed by atoms with E-state index < -0.39 is 0 Å². The number of anilines is 1. The minimum Gasteiger partial charge on any atom is -0.394 e. The topological polar surface area (TPSA) is 73.7 Å². The first-order valence-electron chi connectivity index (χ1n) is 10.5.